The standard InChI is InChI=1S/C11H19FO4/c1-5-14-9(13)11(4,12)6-8-7-15-10(2,3)16-8/h8H,5-7H2,1-4H3. The zero-order valence-electron chi connectivity index (χ0n) is 10.2. The molecule has 0 bridgehead atoms. The van der Waals surface area contributed by atoms with Crippen molar-refractivity contribution in [1.82, 2.24) is 0 Å². The van der Waals surface area contributed by atoms with Gasteiger partial charge in [0.05, 0.1) is 19.3 Å². The van der Waals surface area contributed by atoms with Crippen LogP contribution in [0.15, 0.2) is 0 Å². The molecule has 94 valence electrons. The van der Waals surface area contributed by atoms with Crippen molar-refractivity contribution in [1.29, 1.82) is 0 Å². The number of rotatable bonds is 4. The molecule has 0 radical (unpaired) electrons. The Balaban J connectivity index is 2.50. The maximum absolute atomic E-state index is 14.0. The summed E-state index contributed by atoms with van der Waals surface area (Å²) >= 11 is 0. The van der Waals surface area contributed by atoms with Crippen LogP contribution in [0.5, 0.6) is 0 Å². The van der Waals surface area contributed by atoms with Gasteiger partial charge in [0.15, 0.2) is 5.79 Å². The van der Waals surface area contributed by atoms with Gasteiger partial charge in [0.1, 0.15) is 0 Å². The molecule has 16 heavy (non-hydrogen) atoms. The Morgan fingerprint density at radius 2 is 2.25 bits per heavy atom. The largest absolute Gasteiger partial charge is 0.464 e. The third kappa shape index (κ3) is 3.42. The van der Waals surface area contributed by atoms with Crippen molar-refractivity contribution in [2.24, 2.45) is 0 Å². The van der Waals surface area contributed by atoms with E-state index in [1.165, 1.54) is 6.92 Å². The van der Waals surface area contributed by atoms with Crippen molar-refractivity contribution in [3.8, 4) is 0 Å². The smallest absolute Gasteiger partial charge is 0.343 e. The lowest BCUT2D eigenvalue weighted by atomic mass is 10.0. The molecule has 0 spiro atoms. The van der Waals surface area contributed by atoms with Gasteiger partial charge in [-0.25, -0.2) is 9.18 Å². The van der Waals surface area contributed by atoms with E-state index in [4.69, 9.17) is 9.47 Å². The Kier molecular flexibility index (Phi) is 3.91. The summed E-state index contributed by atoms with van der Waals surface area (Å²) in [6.07, 6.45) is -0.454. The van der Waals surface area contributed by atoms with Crippen molar-refractivity contribution in [2.45, 2.75) is 51.7 Å². The van der Waals surface area contributed by atoms with Gasteiger partial charge in [-0.1, -0.05) is 0 Å². The molecule has 0 aromatic rings. The van der Waals surface area contributed by atoms with Gasteiger partial charge >= 0.3 is 5.97 Å². The van der Waals surface area contributed by atoms with Crippen LogP contribution in [-0.2, 0) is 19.0 Å². The molecule has 1 heterocycles. The summed E-state index contributed by atoms with van der Waals surface area (Å²) in [5.41, 5.74) is -2.02. The molecule has 2 unspecified atom stereocenters. The highest BCUT2D eigenvalue weighted by atomic mass is 19.1. The molecule has 1 aliphatic rings. The van der Waals surface area contributed by atoms with E-state index in [1.54, 1.807) is 20.8 Å². The van der Waals surface area contributed by atoms with Gasteiger partial charge < -0.3 is 14.2 Å². The van der Waals surface area contributed by atoms with Crippen LogP contribution in [0, 0.1) is 0 Å². The maximum Gasteiger partial charge on any atom is 0.343 e. The normalized spacial score (nSPS) is 27.4. The molecule has 0 N–H and O–H groups in total. The first-order chi connectivity index (χ1) is 7.27. The van der Waals surface area contributed by atoms with Crippen molar-refractivity contribution in [3.63, 3.8) is 0 Å². The van der Waals surface area contributed by atoms with Gasteiger partial charge in [0, 0.05) is 6.42 Å². The summed E-state index contributed by atoms with van der Waals surface area (Å²) in [4.78, 5) is 11.3. The molecule has 1 fully saturated rings. The lowest BCUT2D eigenvalue weighted by molar-refractivity contribution is -0.163. The Bertz CT molecular complexity index is 263. The molecule has 4 nitrogen and oxygen atoms in total. The van der Waals surface area contributed by atoms with E-state index in [9.17, 15) is 9.18 Å². The highest BCUT2D eigenvalue weighted by Crippen LogP contribution is 2.29. The summed E-state index contributed by atoms with van der Waals surface area (Å²) in [6, 6.07) is 0. The molecule has 0 aromatic carbocycles. The lowest BCUT2D eigenvalue weighted by Gasteiger charge is -2.22. The number of ether oxygens (including phenoxy) is 3. The zero-order chi connectivity index (χ0) is 12.4. The fourth-order valence-electron chi connectivity index (χ4n) is 1.66. The number of alkyl halides is 1. The molecule has 1 aliphatic heterocycles. The van der Waals surface area contributed by atoms with Crippen LogP contribution in [0.25, 0.3) is 0 Å². The third-order valence-corrected chi connectivity index (χ3v) is 2.38. The van der Waals surface area contributed by atoms with Gasteiger partial charge in [0.2, 0.25) is 5.67 Å². The van der Waals surface area contributed by atoms with E-state index in [1.807, 2.05) is 0 Å². The van der Waals surface area contributed by atoms with E-state index >= 15 is 0 Å². The fourth-order valence-corrected chi connectivity index (χ4v) is 1.66. The SMILES string of the molecule is CCOC(=O)C(C)(F)CC1COC(C)(C)O1. The van der Waals surface area contributed by atoms with Gasteiger partial charge in [-0.15, -0.1) is 0 Å². The van der Waals surface area contributed by atoms with Crippen molar-refractivity contribution < 1.29 is 23.4 Å². The highest BCUT2D eigenvalue weighted by Gasteiger charge is 2.42. The Morgan fingerprint density at radius 1 is 1.62 bits per heavy atom. The second-order valence-electron chi connectivity index (χ2n) is 4.57. The molecule has 0 aliphatic carbocycles. The fraction of sp³-hybridized carbons (Fsp3) is 0.909. The third-order valence-electron chi connectivity index (χ3n) is 2.38. The van der Waals surface area contributed by atoms with Crippen LogP contribution in [0.4, 0.5) is 4.39 Å². The van der Waals surface area contributed by atoms with Gasteiger partial charge in [-0.2, -0.15) is 0 Å². The Hall–Kier alpha value is -0.680. The molecular weight excluding hydrogens is 215 g/mol. The van der Waals surface area contributed by atoms with Crippen LogP contribution < -0.4 is 0 Å². The predicted octanol–water partition coefficient (Wildman–Crippen LogP) is 1.82. The number of carbonyl (C=O) groups is 1. The van der Waals surface area contributed by atoms with E-state index in [0.29, 0.717) is 6.61 Å². The minimum atomic E-state index is -2.02. The summed E-state index contributed by atoms with van der Waals surface area (Å²) in [6.45, 7) is 6.84. The predicted molar refractivity (Wildman–Crippen MR) is 55.7 cm³/mol. The first-order valence-electron chi connectivity index (χ1n) is 5.45. The number of hydrogen-bond donors (Lipinski definition) is 0. The second kappa shape index (κ2) is 4.67. The monoisotopic (exact) mass is 234 g/mol. The Morgan fingerprint density at radius 3 is 2.69 bits per heavy atom. The minimum absolute atomic E-state index is 0.0464. The average molecular weight is 234 g/mol. The van der Waals surface area contributed by atoms with Gasteiger partial charge in [-0.3, -0.25) is 0 Å². The molecule has 0 aromatic heterocycles. The van der Waals surface area contributed by atoms with Crippen LogP contribution >= 0.6 is 0 Å². The number of halogens is 1. The minimum Gasteiger partial charge on any atom is -0.464 e. The quantitative estimate of drug-likeness (QED) is 0.696. The molecule has 0 amide bonds. The summed E-state index contributed by atoms with van der Waals surface area (Å²) < 4.78 is 29.4. The van der Waals surface area contributed by atoms with Crippen molar-refractivity contribution in [3.05, 3.63) is 0 Å². The lowest BCUT2D eigenvalue weighted by Crippen LogP contribution is -2.37. The first-order valence-corrected chi connectivity index (χ1v) is 5.45. The number of carbonyl (C=O) groups excluding carboxylic acids is 1. The topological polar surface area (TPSA) is 44.8 Å². The zero-order valence-corrected chi connectivity index (χ0v) is 10.2. The van der Waals surface area contributed by atoms with Crippen LogP contribution in [-0.4, -0.2) is 36.7 Å². The van der Waals surface area contributed by atoms with Gasteiger partial charge in [-0.05, 0) is 27.7 Å². The summed E-state index contributed by atoms with van der Waals surface area (Å²) in [7, 11) is 0. The molecule has 2 atom stereocenters. The first kappa shape index (κ1) is 13.4. The number of hydrogen-bond acceptors (Lipinski definition) is 4. The molecule has 1 saturated heterocycles. The molecular formula is C11H19FO4. The average Bonchev–Trinajstić information content (AvgIpc) is 2.45. The molecule has 5 heteroatoms. The number of esters is 1. The second-order valence-corrected chi connectivity index (χ2v) is 4.57. The van der Waals surface area contributed by atoms with E-state index in [2.05, 4.69) is 4.74 Å². The Labute approximate surface area is 95.1 Å². The van der Waals surface area contributed by atoms with Gasteiger partial charge in [0.25, 0.3) is 0 Å². The van der Waals surface area contributed by atoms with Crippen LogP contribution in [0.1, 0.15) is 34.1 Å². The van der Waals surface area contributed by atoms with E-state index < -0.39 is 23.5 Å². The summed E-state index contributed by atoms with van der Waals surface area (Å²) in [5.74, 6) is -1.54. The van der Waals surface area contributed by atoms with Crippen molar-refractivity contribution >= 4 is 5.97 Å². The van der Waals surface area contributed by atoms with E-state index in [0.717, 1.165) is 0 Å². The molecule has 1 rings (SSSR count). The van der Waals surface area contributed by atoms with E-state index in [-0.39, 0.29) is 13.0 Å². The summed E-state index contributed by atoms with van der Waals surface area (Å²) in [5, 5.41) is 0. The maximum atomic E-state index is 14.0. The van der Waals surface area contributed by atoms with Crippen molar-refractivity contribution in [2.75, 3.05) is 13.2 Å². The van der Waals surface area contributed by atoms with Crippen LogP contribution in [0.2, 0.25) is 0 Å². The highest BCUT2D eigenvalue weighted by molar-refractivity contribution is 5.78. The van der Waals surface area contributed by atoms with Crippen LogP contribution in [0.3, 0.4) is 0 Å². The molecule has 0 saturated carbocycles.